The van der Waals surface area contributed by atoms with E-state index in [1.54, 1.807) is 0 Å². The Kier molecular flexibility index (Phi) is 8.44. The quantitative estimate of drug-likeness (QED) is 0.441. The molecule has 0 aliphatic rings. The Bertz CT molecular complexity index is 1010. The maximum absolute atomic E-state index is 12.5. The van der Waals surface area contributed by atoms with Crippen LogP contribution in [-0.2, 0) is 21.7 Å². The van der Waals surface area contributed by atoms with E-state index in [1.165, 1.54) is 11.1 Å². The van der Waals surface area contributed by atoms with Crippen molar-refractivity contribution in [2.45, 2.75) is 125 Å². The van der Waals surface area contributed by atoms with Crippen LogP contribution < -0.4 is 14.7 Å². The van der Waals surface area contributed by atoms with Crippen LogP contribution in [0.15, 0.2) is 24.3 Å². The van der Waals surface area contributed by atoms with E-state index in [2.05, 4.69) is 121 Å². The van der Waals surface area contributed by atoms with Crippen LogP contribution in [0, 0.1) is 13.8 Å². The Balaban J connectivity index is 3.09. The summed E-state index contributed by atoms with van der Waals surface area (Å²) in [7, 11) is -4.83. The van der Waals surface area contributed by atoms with E-state index in [0.717, 1.165) is 33.4 Å². The van der Waals surface area contributed by atoms with Gasteiger partial charge in [0.15, 0.2) is 0 Å². The smallest absolute Gasteiger partial charge is 0.0534 e. The molecular formula is C32H49O3P-2. The molecule has 0 saturated heterocycles. The summed E-state index contributed by atoms with van der Waals surface area (Å²) in [6, 6.07) is 8.86. The first-order valence-electron chi connectivity index (χ1n) is 13.2. The molecule has 4 heteroatoms. The molecular weight excluding hydrogens is 463 g/mol. The zero-order chi connectivity index (χ0) is 28.2. The average Bonchev–Trinajstić information content (AvgIpc) is 2.61. The molecule has 0 fully saturated rings. The predicted molar refractivity (Wildman–Crippen MR) is 151 cm³/mol. The predicted octanol–water partition coefficient (Wildman–Crippen LogP) is 6.47. The van der Waals surface area contributed by atoms with Crippen LogP contribution in [0.3, 0.4) is 0 Å². The first kappa shape index (κ1) is 31.0. The van der Waals surface area contributed by atoms with Crippen molar-refractivity contribution in [2.75, 3.05) is 6.16 Å². The summed E-state index contributed by atoms with van der Waals surface area (Å²) in [6.07, 6.45) is -0.426. The molecule has 2 aromatic rings. The Morgan fingerprint density at radius 3 is 1.08 bits per heavy atom. The van der Waals surface area contributed by atoms with Crippen LogP contribution in [0.2, 0.25) is 0 Å². The van der Waals surface area contributed by atoms with Gasteiger partial charge in [-0.3, -0.25) is 0 Å². The van der Waals surface area contributed by atoms with E-state index in [0.29, 0.717) is 0 Å². The third-order valence-electron chi connectivity index (χ3n) is 7.22. The summed E-state index contributed by atoms with van der Waals surface area (Å²) in [5, 5.41) is 0. The zero-order valence-corrected chi connectivity index (χ0v) is 26.2. The van der Waals surface area contributed by atoms with Crippen molar-refractivity contribution >= 4 is 7.94 Å². The second-order valence-corrected chi connectivity index (χ2v) is 16.4. The van der Waals surface area contributed by atoms with Crippen molar-refractivity contribution in [3.63, 3.8) is 0 Å². The van der Waals surface area contributed by atoms with Crippen LogP contribution in [0.1, 0.15) is 134 Å². The monoisotopic (exact) mass is 512 g/mol. The maximum atomic E-state index is 12.5. The lowest BCUT2D eigenvalue weighted by Crippen LogP contribution is -2.38. The summed E-state index contributed by atoms with van der Waals surface area (Å²) >= 11 is 0. The first-order chi connectivity index (χ1) is 15.8. The second kappa shape index (κ2) is 9.81. The molecule has 0 unspecified atom stereocenters. The minimum atomic E-state index is -4.83. The normalized spacial score (nSPS) is 14.1. The van der Waals surface area contributed by atoms with Crippen molar-refractivity contribution in [3.8, 4) is 0 Å². The van der Waals surface area contributed by atoms with Gasteiger partial charge in [0.1, 0.15) is 0 Å². The third kappa shape index (κ3) is 7.19. The van der Waals surface area contributed by atoms with Crippen molar-refractivity contribution in [3.05, 3.63) is 68.8 Å². The number of hydrogen-bond acceptors (Lipinski definition) is 3. The van der Waals surface area contributed by atoms with Crippen molar-refractivity contribution in [1.29, 1.82) is 0 Å². The van der Waals surface area contributed by atoms with Gasteiger partial charge in [-0.2, -0.15) is 7.94 Å². The van der Waals surface area contributed by atoms with E-state index in [-0.39, 0.29) is 21.7 Å². The number of hydrogen-bond donors (Lipinski definition) is 0. The minimum absolute atomic E-state index is 0.0496. The number of benzene rings is 2. The highest BCUT2D eigenvalue weighted by atomic mass is 31.2. The van der Waals surface area contributed by atoms with E-state index >= 15 is 0 Å². The fraction of sp³-hybridized carbons (Fsp3) is 0.625. The largest absolute Gasteiger partial charge is 0.688 e. The van der Waals surface area contributed by atoms with E-state index < -0.39 is 20.0 Å². The molecule has 0 saturated carbocycles. The third-order valence-corrected chi connectivity index (χ3v) is 8.04. The summed E-state index contributed by atoms with van der Waals surface area (Å²) < 4.78 is 0. The van der Waals surface area contributed by atoms with Crippen LogP contribution >= 0.6 is 7.94 Å². The lowest BCUT2D eigenvalue weighted by atomic mass is 9.69. The van der Waals surface area contributed by atoms with E-state index in [4.69, 9.17) is 0 Å². The minimum Gasteiger partial charge on any atom is -0.688 e. The van der Waals surface area contributed by atoms with Gasteiger partial charge in [-0.15, -0.1) is 0 Å². The molecule has 0 radical (unpaired) electrons. The van der Waals surface area contributed by atoms with Gasteiger partial charge in [0.2, 0.25) is 0 Å². The van der Waals surface area contributed by atoms with Crippen LogP contribution in [-0.4, -0.2) is 6.16 Å². The second-order valence-electron chi connectivity index (χ2n) is 14.9. The standard InChI is InChI=1S/C32H51O3P/c1-20-15-22(29(3,4)5)17-25(31(9,10)11)27(20)24(19-36(33,34)35)28-21(2)16-23(30(6,7)8)18-26(28)32(12,13)14/h15-18,24H,19H2,1-14H3,(H2,33,34,35)/p-2. The van der Waals surface area contributed by atoms with Crippen molar-refractivity contribution < 1.29 is 14.7 Å². The van der Waals surface area contributed by atoms with Gasteiger partial charge >= 0.3 is 0 Å². The molecule has 0 amide bonds. The first-order valence-corrected chi connectivity index (χ1v) is 14.9. The molecule has 0 N–H and O–H groups in total. The molecule has 36 heavy (non-hydrogen) atoms. The Labute approximate surface area is 222 Å². The lowest BCUT2D eigenvalue weighted by molar-refractivity contribution is -0.427. The highest BCUT2D eigenvalue weighted by Crippen LogP contribution is 2.48. The molecule has 0 aromatic heterocycles. The van der Waals surface area contributed by atoms with Gasteiger partial charge in [-0.1, -0.05) is 107 Å². The molecule has 3 nitrogen and oxygen atoms in total. The molecule has 0 aliphatic carbocycles. The van der Waals surface area contributed by atoms with E-state index in [1.807, 2.05) is 0 Å². The van der Waals surface area contributed by atoms with E-state index in [9.17, 15) is 14.7 Å². The Hall–Kier alpha value is -1.25. The molecule has 0 aliphatic heterocycles. The zero-order valence-electron chi connectivity index (χ0n) is 25.3. The fourth-order valence-electron chi connectivity index (χ4n) is 5.18. The molecule has 2 aromatic carbocycles. The van der Waals surface area contributed by atoms with Crippen molar-refractivity contribution in [1.82, 2.24) is 0 Å². The lowest BCUT2D eigenvalue weighted by Gasteiger charge is -2.46. The fourth-order valence-corrected chi connectivity index (χ4v) is 5.99. The summed E-state index contributed by atoms with van der Waals surface area (Å²) in [5.41, 5.74) is 8.18. The number of aryl methyl sites for hydroxylation is 2. The summed E-state index contributed by atoms with van der Waals surface area (Å²) in [4.78, 5) is 37.4. The molecule has 0 heterocycles. The molecule has 2 rings (SSSR count). The van der Waals surface area contributed by atoms with Crippen LogP contribution in [0.25, 0.3) is 0 Å². The van der Waals surface area contributed by atoms with Gasteiger partial charge in [0.25, 0.3) is 0 Å². The highest BCUT2D eigenvalue weighted by Gasteiger charge is 2.34. The molecule has 0 spiro atoms. The van der Waals surface area contributed by atoms with Crippen molar-refractivity contribution in [2.24, 2.45) is 0 Å². The Morgan fingerprint density at radius 1 is 0.556 bits per heavy atom. The SMILES string of the molecule is Cc1cc(C(C)(C)C)cc(C(C)(C)C)c1C(C[P+]([O-])([O-])[O-])c1c(C)cc(C(C)(C)C)cc1C(C)(C)C. The Morgan fingerprint density at radius 2 is 0.861 bits per heavy atom. The van der Waals surface area contributed by atoms with Gasteiger partial charge < -0.3 is 14.7 Å². The van der Waals surface area contributed by atoms with Gasteiger partial charge in [-0.25, -0.2) is 0 Å². The highest BCUT2D eigenvalue weighted by molar-refractivity contribution is 7.54. The number of rotatable bonds is 4. The van der Waals surface area contributed by atoms with Gasteiger partial charge in [0, 0.05) is 5.92 Å². The summed E-state index contributed by atoms with van der Waals surface area (Å²) in [5.74, 6) is -0.530. The molecule has 202 valence electrons. The average molecular weight is 513 g/mol. The summed E-state index contributed by atoms with van der Waals surface area (Å²) in [6.45, 7) is 30.3. The van der Waals surface area contributed by atoms with Gasteiger partial charge in [0.05, 0.1) is 6.16 Å². The van der Waals surface area contributed by atoms with Crippen LogP contribution in [0.4, 0.5) is 0 Å². The molecule has 0 bridgehead atoms. The van der Waals surface area contributed by atoms with Crippen LogP contribution in [0.5, 0.6) is 0 Å². The topological polar surface area (TPSA) is 69.2 Å². The molecule has 0 atom stereocenters. The van der Waals surface area contributed by atoms with Gasteiger partial charge in [-0.05, 0) is 80.0 Å². The maximum Gasteiger partial charge on any atom is 0.0534 e.